The minimum absolute atomic E-state index is 0.102. The van der Waals surface area contributed by atoms with E-state index in [2.05, 4.69) is 10.3 Å². The number of carbonyl (C=O) groups is 1. The average molecular weight is 306 g/mol. The molecule has 6 heteroatoms. The van der Waals surface area contributed by atoms with E-state index in [1.54, 1.807) is 19.1 Å². The molecule has 2 aromatic rings. The summed E-state index contributed by atoms with van der Waals surface area (Å²) in [6.45, 7) is 4.07. The fourth-order valence-electron chi connectivity index (χ4n) is 1.84. The van der Waals surface area contributed by atoms with Crippen molar-refractivity contribution in [1.82, 2.24) is 10.3 Å². The Morgan fingerprint density at radius 3 is 3.00 bits per heavy atom. The van der Waals surface area contributed by atoms with Crippen molar-refractivity contribution < 1.29 is 14.6 Å². The first-order valence-electron chi connectivity index (χ1n) is 6.65. The number of thiophene rings is 1. The highest BCUT2D eigenvalue weighted by Gasteiger charge is 2.25. The third-order valence-electron chi connectivity index (χ3n) is 3.02. The molecule has 1 atom stereocenters. The molecule has 0 spiro atoms. The number of nitrogens with zero attached hydrogens (tertiary/aromatic N) is 1. The zero-order chi connectivity index (χ0) is 15.3. The summed E-state index contributed by atoms with van der Waals surface area (Å²) in [5.41, 5.74) is -0.115. The lowest BCUT2D eigenvalue weighted by Gasteiger charge is -2.22. The Kier molecular flexibility index (Phi) is 4.93. The summed E-state index contributed by atoms with van der Waals surface area (Å²) in [5.74, 6) is 0.0715. The van der Waals surface area contributed by atoms with E-state index in [9.17, 15) is 9.90 Å². The molecule has 0 aliphatic carbocycles. The van der Waals surface area contributed by atoms with Gasteiger partial charge in [-0.1, -0.05) is 0 Å². The minimum atomic E-state index is -1.11. The molecule has 2 N–H and O–H groups in total. The molecule has 0 aliphatic rings. The number of hydrogen-bond acceptors (Lipinski definition) is 5. The van der Waals surface area contributed by atoms with Gasteiger partial charge < -0.3 is 15.2 Å². The Labute approximate surface area is 127 Å². The van der Waals surface area contributed by atoms with Crippen molar-refractivity contribution in [3.63, 3.8) is 0 Å². The second-order valence-corrected chi connectivity index (χ2v) is 5.53. The lowest BCUT2D eigenvalue weighted by atomic mass is 9.99. The lowest BCUT2D eigenvalue weighted by Crippen LogP contribution is -2.38. The number of pyridine rings is 1. The van der Waals surface area contributed by atoms with Crippen molar-refractivity contribution in [1.29, 1.82) is 0 Å². The standard InChI is InChI=1S/C15H18N2O3S/c1-3-20-12-5-4-7-16-13(12)14(18)17-10-15(2,19)11-6-8-21-9-11/h4-9,19H,3,10H2,1-2H3,(H,17,18). The van der Waals surface area contributed by atoms with E-state index >= 15 is 0 Å². The van der Waals surface area contributed by atoms with E-state index < -0.39 is 5.60 Å². The number of rotatable bonds is 6. The molecular weight excluding hydrogens is 288 g/mol. The van der Waals surface area contributed by atoms with Crippen LogP contribution in [0.2, 0.25) is 0 Å². The van der Waals surface area contributed by atoms with Crippen molar-refractivity contribution in [2.24, 2.45) is 0 Å². The highest BCUT2D eigenvalue weighted by Crippen LogP contribution is 2.22. The summed E-state index contributed by atoms with van der Waals surface area (Å²) in [6, 6.07) is 5.24. The minimum Gasteiger partial charge on any atom is -0.491 e. The molecule has 0 radical (unpaired) electrons. The Hall–Kier alpha value is -1.92. The van der Waals surface area contributed by atoms with Crippen LogP contribution in [0.15, 0.2) is 35.2 Å². The summed E-state index contributed by atoms with van der Waals surface area (Å²) < 4.78 is 5.38. The molecule has 2 aromatic heterocycles. The van der Waals surface area contributed by atoms with E-state index in [0.717, 1.165) is 5.56 Å². The zero-order valence-electron chi connectivity index (χ0n) is 12.0. The highest BCUT2D eigenvalue weighted by molar-refractivity contribution is 7.08. The van der Waals surface area contributed by atoms with Gasteiger partial charge in [0.2, 0.25) is 0 Å². The molecule has 0 saturated heterocycles. The first kappa shape index (κ1) is 15.5. The van der Waals surface area contributed by atoms with Crippen LogP contribution in [0, 0.1) is 0 Å². The van der Waals surface area contributed by atoms with Gasteiger partial charge in [0.05, 0.1) is 13.2 Å². The molecule has 21 heavy (non-hydrogen) atoms. The van der Waals surface area contributed by atoms with Gasteiger partial charge in [0.15, 0.2) is 11.4 Å². The number of nitrogens with one attached hydrogen (secondary N) is 1. The van der Waals surface area contributed by atoms with Crippen LogP contribution in [-0.4, -0.2) is 29.1 Å². The molecule has 0 aliphatic heterocycles. The zero-order valence-corrected chi connectivity index (χ0v) is 12.8. The van der Waals surface area contributed by atoms with Gasteiger partial charge in [-0.2, -0.15) is 11.3 Å². The second kappa shape index (κ2) is 6.69. The van der Waals surface area contributed by atoms with Crippen molar-refractivity contribution >= 4 is 17.2 Å². The van der Waals surface area contributed by atoms with E-state index in [-0.39, 0.29) is 18.1 Å². The number of ether oxygens (including phenoxy) is 1. The van der Waals surface area contributed by atoms with Crippen LogP contribution < -0.4 is 10.1 Å². The van der Waals surface area contributed by atoms with Crippen molar-refractivity contribution in [2.75, 3.05) is 13.2 Å². The van der Waals surface area contributed by atoms with Gasteiger partial charge in [0.1, 0.15) is 5.60 Å². The third kappa shape index (κ3) is 3.80. The van der Waals surface area contributed by atoms with Gasteiger partial charge in [-0.15, -0.1) is 0 Å². The molecule has 2 heterocycles. The maximum absolute atomic E-state index is 12.2. The summed E-state index contributed by atoms with van der Waals surface area (Å²) in [4.78, 5) is 16.2. The van der Waals surface area contributed by atoms with Crippen LogP contribution in [0.25, 0.3) is 0 Å². The molecule has 5 nitrogen and oxygen atoms in total. The van der Waals surface area contributed by atoms with Gasteiger partial charge in [0, 0.05) is 6.20 Å². The predicted octanol–water partition coefficient (Wildman–Crippen LogP) is 2.18. The van der Waals surface area contributed by atoms with Crippen LogP contribution in [0.4, 0.5) is 0 Å². The Morgan fingerprint density at radius 1 is 1.52 bits per heavy atom. The smallest absolute Gasteiger partial charge is 0.273 e. The van der Waals surface area contributed by atoms with E-state index in [0.29, 0.717) is 12.4 Å². The fraction of sp³-hybridized carbons (Fsp3) is 0.333. The Balaban J connectivity index is 2.05. The maximum Gasteiger partial charge on any atom is 0.273 e. The molecule has 0 bridgehead atoms. The first-order valence-corrected chi connectivity index (χ1v) is 7.60. The monoisotopic (exact) mass is 306 g/mol. The topological polar surface area (TPSA) is 71.5 Å². The van der Waals surface area contributed by atoms with Gasteiger partial charge in [-0.05, 0) is 48.4 Å². The highest BCUT2D eigenvalue weighted by atomic mass is 32.1. The van der Waals surface area contributed by atoms with E-state index in [1.165, 1.54) is 17.5 Å². The first-order chi connectivity index (χ1) is 10.0. The molecule has 112 valence electrons. The molecule has 1 unspecified atom stereocenters. The molecular formula is C15H18N2O3S. The fourth-order valence-corrected chi connectivity index (χ4v) is 2.62. The van der Waals surface area contributed by atoms with Crippen LogP contribution >= 0.6 is 11.3 Å². The molecule has 0 fully saturated rings. The van der Waals surface area contributed by atoms with Crippen molar-refractivity contribution in [2.45, 2.75) is 19.4 Å². The van der Waals surface area contributed by atoms with Gasteiger partial charge in [-0.3, -0.25) is 4.79 Å². The number of carbonyl (C=O) groups excluding carboxylic acids is 1. The van der Waals surface area contributed by atoms with Crippen LogP contribution in [0.5, 0.6) is 5.75 Å². The van der Waals surface area contributed by atoms with Gasteiger partial charge in [-0.25, -0.2) is 4.98 Å². The molecule has 0 saturated carbocycles. The van der Waals surface area contributed by atoms with Crippen LogP contribution in [-0.2, 0) is 5.60 Å². The SMILES string of the molecule is CCOc1cccnc1C(=O)NCC(C)(O)c1ccsc1. The maximum atomic E-state index is 12.2. The number of amides is 1. The summed E-state index contributed by atoms with van der Waals surface area (Å²) >= 11 is 1.50. The van der Waals surface area contributed by atoms with Gasteiger partial charge in [0.25, 0.3) is 5.91 Å². The molecule has 0 aromatic carbocycles. The normalized spacial score (nSPS) is 13.5. The summed E-state index contributed by atoms with van der Waals surface area (Å²) in [6.07, 6.45) is 1.54. The average Bonchev–Trinajstić information content (AvgIpc) is 3.01. The Bertz CT molecular complexity index is 597. The summed E-state index contributed by atoms with van der Waals surface area (Å²) in [5, 5.41) is 16.8. The van der Waals surface area contributed by atoms with Gasteiger partial charge >= 0.3 is 0 Å². The van der Waals surface area contributed by atoms with E-state index in [1.807, 2.05) is 23.8 Å². The number of hydrogen-bond donors (Lipinski definition) is 2. The number of aromatic nitrogens is 1. The number of aliphatic hydroxyl groups is 1. The second-order valence-electron chi connectivity index (χ2n) is 4.75. The third-order valence-corrected chi connectivity index (χ3v) is 3.71. The summed E-state index contributed by atoms with van der Waals surface area (Å²) in [7, 11) is 0. The Morgan fingerprint density at radius 2 is 2.33 bits per heavy atom. The predicted molar refractivity (Wildman–Crippen MR) is 81.6 cm³/mol. The molecule has 2 rings (SSSR count). The molecule has 1 amide bonds. The quantitative estimate of drug-likeness (QED) is 0.858. The van der Waals surface area contributed by atoms with Crippen molar-refractivity contribution in [3.8, 4) is 5.75 Å². The van der Waals surface area contributed by atoms with E-state index in [4.69, 9.17) is 4.74 Å². The van der Waals surface area contributed by atoms with Crippen LogP contribution in [0.3, 0.4) is 0 Å². The lowest BCUT2D eigenvalue weighted by molar-refractivity contribution is 0.0527. The van der Waals surface area contributed by atoms with Crippen LogP contribution in [0.1, 0.15) is 29.9 Å². The largest absolute Gasteiger partial charge is 0.491 e. The van der Waals surface area contributed by atoms with Crippen molar-refractivity contribution in [3.05, 3.63) is 46.4 Å².